The van der Waals surface area contributed by atoms with Crippen LogP contribution >= 0.6 is 0 Å². The van der Waals surface area contributed by atoms with Crippen molar-refractivity contribution in [3.63, 3.8) is 0 Å². The molecule has 1 aromatic carbocycles. The molecule has 1 aliphatic heterocycles. The van der Waals surface area contributed by atoms with Crippen LogP contribution in [0.3, 0.4) is 0 Å². The van der Waals surface area contributed by atoms with Gasteiger partial charge in [0.2, 0.25) is 0 Å². The highest BCUT2D eigenvalue weighted by molar-refractivity contribution is 6.06. The molecule has 6 nitrogen and oxygen atoms in total. The Morgan fingerprint density at radius 2 is 2.04 bits per heavy atom. The van der Waals surface area contributed by atoms with Crippen LogP contribution in [-0.4, -0.2) is 36.5 Å². The van der Waals surface area contributed by atoms with Gasteiger partial charge < -0.3 is 15.0 Å². The van der Waals surface area contributed by atoms with Gasteiger partial charge in [-0.1, -0.05) is 6.07 Å². The molecule has 0 aromatic heterocycles. The lowest BCUT2D eigenvalue weighted by molar-refractivity contribution is -0.149. The molecular formula is C19H20F3N3O3. The highest BCUT2D eigenvalue weighted by atomic mass is 19.4. The first kappa shape index (κ1) is 21.3. The Hall–Kier alpha value is -3.02. The zero-order valence-corrected chi connectivity index (χ0v) is 15.3. The normalized spacial score (nSPS) is 15.7. The van der Waals surface area contributed by atoms with Gasteiger partial charge in [0.1, 0.15) is 11.6 Å². The zero-order valence-electron chi connectivity index (χ0n) is 15.3. The largest absolute Gasteiger partial charge is 0.466 e. The maximum atomic E-state index is 12.8. The molecule has 1 aliphatic rings. The second-order valence-corrected chi connectivity index (χ2v) is 6.25. The van der Waals surface area contributed by atoms with Gasteiger partial charge in [-0.3, -0.25) is 9.59 Å². The summed E-state index contributed by atoms with van der Waals surface area (Å²) in [4.78, 5) is 25.7. The molecule has 1 N–H and O–H groups in total. The molecule has 28 heavy (non-hydrogen) atoms. The number of halogens is 3. The lowest BCUT2D eigenvalue weighted by Gasteiger charge is -2.30. The van der Waals surface area contributed by atoms with Gasteiger partial charge in [-0.25, -0.2) is 0 Å². The van der Waals surface area contributed by atoms with Gasteiger partial charge in [0.05, 0.1) is 18.1 Å². The van der Waals surface area contributed by atoms with E-state index < -0.39 is 17.6 Å². The number of carbonyl (C=O) groups excluding carboxylic acids is 2. The third-order valence-corrected chi connectivity index (χ3v) is 4.27. The standard InChI is InChI=1S/C19H20F3N3O3/c1-2-28-18(27)13-6-8-25(9-7-13)12-14(11-23)17(26)24-16-5-3-4-15(10-16)19(20,21)22/h3-5,10,12-13H,2,6-9H2,1H3,(H,24,26)/b14-12-. The molecule has 0 aliphatic carbocycles. The summed E-state index contributed by atoms with van der Waals surface area (Å²) >= 11 is 0. The fourth-order valence-corrected chi connectivity index (χ4v) is 2.82. The van der Waals surface area contributed by atoms with Crippen LogP contribution in [0.25, 0.3) is 0 Å². The Morgan fingerprint density at radius 1 is 1.36 bits per heavy atom. The number of piperidine rings is 1. The molecule has 0 unspecified atom stereocenters. The number of likely N-dealkylation sites (tertiary alicyclic amines) is 1. The van der Waals surface area contributed by atoms with Crippen LogP contribution in [-0.2, 0) is 20.5 Å². The van der Waals surface area contributed by atoms with Crippen LogP contribution < -0.4 is 5.32 Å². The number of carbonyl (C=O) groups is 2. The molecule has 0 radical (unpaired) electrons. The van der Waals surface area contributed by atoms with E-state index in [0.717, 1.165) is 12.1 Å². The average molecular weight is 395 g/mol. The summed E-state index contributed by atoms with van der Waals surface area (Å²) in [6.07, 6.45) is -2.10. The molecule has 1 saturated heterocycles. The van der Waals surface area contributed by atoms with Crippen molar-refractivity contribution in [1.29, 1.82) is 5.26 Å². The monoisotopic (exact) mass is 395 g/mol. The highest BCUT2D eigenvalue weighted by Gasteiger charge is 2.30. The number of hydrogen-bond acceptors (Lipinski definition) is 5. The molecule has 1 amide bonds. The van der Waals surface area contributed by atoms with Gasteiger partial charge in [-0.2, -0.15) is 18.4 Å². The minimum atomic E-state index is -4.53. The van der Waals surface area contributed by atoms with Gasteiger partial charge in [0, 0.05) is 25.0 Å². The third-order valence-electron chi connectivity index (χ3n) is 4.27. The number of nitrogens with one attached hydrogen (secondary N) is 1. The molecule has 2 rings (SSSR count). The van der Waals surface area contributed by atoms with Crippen molar-refractivity contribution in [2.24, 2.45) is 5.92 Å². The number of alkyl halides is 3. The van der Waals surface area contributed by atoms with Gasteiger partial charge in [0.25, 0.3) is 5.91 Å². The molecule has 0 saturated carbocycles. The van der Waals surface area contributed by atoms with E-state index in [0.29, 0.717) is 32.5 Å². The molecule has 1 heterocycles. The van der Waals surface area contributed by atoms with E-state index in [1.54, 1.807) is 17.9 Å². The first-order chi connectivity index (χ1) is 13.2. The molecule has 150 valence electrons. The Morgan fingerprint density at radius 3 is 2.61 bits per heavy atom. The predicted molar refractivity (Wildman–Crippen MR) is 94.7 cm³/mol. The van der Waals surface area contributed by atoms with E-state index in [1.165, 1.54) is 18.3 Å². The predicted octanol–water partition coefficient (Wildman–Crippen LogP) is 3.33. The Labute approximate surface area is 160 Å². The number of amides is 1. The van der Waals surface area contributed by atoms with Gasteiger partial charge in [-0.05, 0) is 38.0 Å². The summed E-state index contributed by atoms with van der Waals surface area (Å²) in [6.45, 7) is 2.97. The summed E-state index contributed by atoms with van der Waals surface area (Å²) in [5.41, 5.74) is -1.18. The summed E-state index contributed by atoms with van der Waals surface area (Å²) in [6, 6.07) is 5.95. The van der Waals surface area contributed by atoms with Crippen molar-refractivity contribution in [3.8, 4) is 6.07 Å². The summed E-state index contributed by atoms with van der Waals surface area (Å²) < 4.78 is 43.3. The van der Waals surface area contributed by atoms with E-state index in [9.17, 15) is 28.0 Å². The molecule has 0 atom stereocenters. The third kappa shape index (κ3) is 5.74. The van der Waals surface area contributed by atoms with E-state index in [-0.39, 0.29) is 23.1 Å². The van der Waals surface area contributed by atoms with Crippen LogP contribution in [0.2, 0.25) is 0 Å². The fraction of sp³-hybridized carbons (Fsp3) is 0.421. The fourth-order valence-electron chi connectivity index (χ4n) is 2.82. The number of anilines is 1. The molecule has 0 spiro atoms. The summed E-state index contributed by atoms with van der Waals surface area (Å²) in [7, 11) is 0. The van der Waals surface area contributed by atoms with E-state index >= 15 is 0 Å². The zero-order chi connectivity index (χ0) is 20.7. The summed E-state index contributed by atoms with van der Waals surface area (Å²) in [5.74, 6) is -1.27. The minimum Gasteiger partial charge on any atom is -0.466 e. The van der Waals surface area contributed by atoms with E-state index in [4.69, 9.17) is 4.74 Å². The number of rotatable bonds is 5. The van der Waals surface area contributed by atoms with E-state index in [1.807, 2.05) is 0 Å². The van der Waals surface area contributed by atoms with Crippen molar-refractivity contribution >= 4 is 17.6 Å². The molecular weight excluding hydrogens is 375 g/mol. The Bertz CT molecular complexity index is 792. The van der Waals surface area contributed by atoms with Gasteiger partial charge in [0.15, 0.2) is 0 Å². The highest BCUT2D eigenvalue weighted by Crippen LogP contribution is 2.30. The Kier molecular flexibility index (Phi) is 7.04. The maximum Gasteiger partial charge on any atom is 0.416 e. The van der Waals surface area contributed by atoms with Crippen molar-refractivity contribution in [2.75, 3.05) is 25.0 Å². The van der Waals surface area contributed by atoms with Crippen molar-refractivity contribution < 1.29 is 27.5 Å². The van der Waals surface area contributed by atoms with Crippen molar-refractivity contribution in [3.05, 3.63) is 41.6 Å². The molecule has 1 aromatic rings. The van der Waals surface area contributed by atoms with Gasteiger partial charge >= 0.3 is 12.1 Å². The number of esters is 1. The number of benzene rings is 1. The van der Waals surface area contributed by atoms with Crippen LogP contribution in [0.4, 0.5) is 18.9 Å². The first-order valence-electron chi connectivity index (χ1n) is 8.75. The topological polar surface area (TPSA) is 82.4 Å². The van der Waals surface area contributed by atoms with Crippen LogP contribution in [0.5, 0.6) is 0 Å². The number of ether oxygens (including phenoxy) is 1. The lowest BCUT2D eigenvalue weighted by Crippen LogP contribution is -2.34. The number of hydrogen-bond donors (Lipinski definition) is 1. The molecule has 1 fully saturated rings. The minimum absolute atomic E-state index is 0.0537. The van der Waals surface area contributed by atoms with Crippen LogP contribution in [0.1, 0.15) is 25.3 Å². The molecule has 9 heteroatoms. The quantitative estimate of drug-likeness (QED) is 0.470. The second kappa shape index (κ2) is 9.26. The van der Waals surface area contributed by atoms with Crippen LogP contribution in [0, 0.1) is 17.2 Å². The summed E-state index contributed by atoms with van der Waals surface area (Å²) in [5, 5.41) is 11.5. The smallest absolute Gasteiger partial charge is 0.416 e. The van der Waals surface area contributed by atoms with Crippen LogP contribution in [0.15, 0.2) is 36.0 Å². The Balaban J connectivity index is 2.01. The average Bonchev–Trinajstić information content (AvgIpc) is 2.66. The van der Waals surface area contributed by atoms with Gasteiger partial charge in [-0.15, -0.1) is 0 Å². The molecule has 0 bridgehead atoms. The van der Waals surface area contributed by atoms with Crippen molar-refractivity contribution in [2.45, 2.75) is 25.9 Å². The SMILES string of the molecule is CCOC(=O)C1CCN(/C=C(/C#N)C(=O)Nc2cccc(C(F)(F)F)c2)CC1. The lowest BCUT2D eigenvalue weighted by atomic mass is 9.97. The number of nitriles is 1. The number of nitrogens with zero attached hydrogens (tertiary/aromatic N) is 2. The first-order valence-corrected chi connectivity index (χ1v) is 8.75. The van der Waals surface area contributed by atoms with Crippen molar-refractivity contribution in [1.82, 2.24) is 4.90 Å². The maximum absolute atomic E-state index is 12.8. The second-order valence-electron chi connectivity index (χ2n) is 6.25. The van der Waals surface area contributed by atoms with E-state index in [2.05, 4.69) is 5.32 Å².